The number of carbonyl (C=O) groups excluding carboxylic acids is 1. The number of benzene rings is 1. The van der Waals surface area contributed by atoms with Gasteiger partial charge in [-0.15, -0.1) is 0 Å². The van der Waals surface area contributed by atoms with Crippen molar-refractivity contribution in [3.8, 4) is 0 Å². The molecular formula is C16H22N2O. The monoisotopic (exact) mass is 258 g/mol. The standard InChI is InChI=1S/C16H22N2O/c1-4-5-11-14-15(13-9-7-6-8-10-13)16(2,3)18(12-19)17-14/h6-10,12,15H,4-5,11H2,1-3H3. The predicted octanol–water partition coefficient (Wildman–Crippen LogP) is 3.57. The van der Waals surface area contributed by atoms with E-state index in [-0.39, 0.29) is 11.5 Å². The average Bonchev–Trinajstić information content (AvgIpc) is 2.67. The summed E-state index contributed by atoms with van der Waals surface area (Å²) >= 11 is 0. The zero-order valence-electron chi connectivity index (χ0n) is 12.0. The minimum atomic E-state index is -0.286. The van der Waals surface area contributed by atoms with E-state index >= 15 is 0 Å². The normalized spacial score (nSPS) is 21.3. The molecule has 0 N–H and O–H groups in total. The van der Waals surface area contributed by atoms with Gasteiger partial charge in [0.15, 0.2) is 0 Å². The van der Waals surface area contributed by atoms with Crippen LogP contribution in [0.1, 0.15) is 51.5 Å². The number of carbonyl (C=O) groups is 1. The fraction of sp³-hybridized carbons (Fsp3) is 0.500. The van der Waals surface area contributed by atoms with Gasteiger partial charge in [-0.25, -0.2) is 5.01 Å². The second-order valence-corrected chi connectivity index (χ2v) is 5.64. The second-order valence-electron chi connectivity index (χ2n) is 5.64. The summed E-state index contributed by atoms with van der Waals surface area (Å²) in [6.07, 6.45) is 4.06. The Bertz CT molecular complexity index is 465. The first-order valence-electron chi connectivity index (χ1n) is 6.98. The van der Waals surface area contributed by atoms with Gasteiger partial charge in [0.1, 0.15) is 0 Å². The summed E-state index contributed by atoms with van der Waals surface area (Å²) in [6, 6.07) is 10.4. The Balaban J connectivity index is 2.36. The van der Waals surface area contributed by atoms with Crippen LogP contribution in [0, 0.1) is 0 Å². The van der Waals surface area contributed by atoms with Gasteiger partial charge in [0.05, 0.1) is 5.54 Å². The second kappa shape index (κ2) is 5.55. The highest BCUT2D eigenvalue weighted by atomic mass is 16.1. The summed E-state index contributed by atoms with van der Waals surface area (Å²) in [5.74, 6) is 0.199. The Hall–Kier alpha value is -1.64. The predicted molar refractivity (Wildman–Crippen MR) is 78.1 cm³/mol. The van der Waals surface area contributed by atoms with E-state index in [2.05, 4.69) is 38.0 Å². The van der Waals surface area contributed by atoms with Gasteiger partial charge in [-0.2, -0.15) is 5.10 Å². The number of amides is 1. The van der Waals surface area contributed by atoms with Gasteiger partial charge in [0.25, 0.3) is 0 Å². The zero-order valence-corrected chi connectivity index (χ0v) is 12.0. The molecule has 19 heavy (non-hydrogen) atoms. The van der Waals surface area contributed by atoms with E-state index in [9.17, 15) is 4.79 Å². The molecule has 0 radical (unpaired) electrons. The van der Waals surface area contributed by atoms with E-state index < -0.39 is 0 Å². The van der Waals surface area contributed by atoms with Crippen LogP contribution in [-0.4, -0.2) is 22.7 Å². The minimum absolute atomic E-state index is 0.199. The Kier molecular flexibility index (Phi) is 4.03. The molecule has 102 valence electrons. The smallest absolute Gasteiger partial charge is 0.230 e. The topological polar surface area (TPSA) is 32.7 Å². The summed E-state index contributed by atoms with van der Waals surface area (Å²) in [4.78, 5) is 11.2. The largest absolute Gasteiger partial charge is 0.277 e. The Labute approximate surface area is 115 Å². The summed E-state index contributed by atoms with van der Waals surface area (Å²) in [5, 5.41) is 6.12. The van der Waals surface area contributed by atoms with Crippen LogP contribution in [0.25, 0.3) is 0 Å². The number of hydrogen-bond acceptors (Lipinski definition) is 2. The molecule has 0 spiro atoms. The first kappa shape index (κ1) is 13.8. The molecule has 1 heterocycles. The molecule has 0 saturated carbocycles. The van der Waals surface area contributed by atoms with Crippen LogP contribution in [0.5, 0.6) is 0 Å². The Morgan fingerprint density at radius 2 is 2.00 bits per heavy atom. The summed E-state index contributed by atoms with van der Waals surface area (Å²) in [5.41, 5.74) is 2.09. The van der Waals surface area contributed by atoms with Crippen molar-refractivity contribution >= 4 is 12.1 Å². The highest BCUT2D eigenvalue weighted by molar-refractivity contribution is 5.94. The fourth-order valence-corrected chi connectivity index (χ4v) is 2.82. The van der Waals surface area contributed by atoms with Gasteiger partial charge < -0.3 is 0 Å². The quantitative estimate of drug-likeness (QED) is 0.743. The third-order valence-electron chi connectivity index (χ3n) is 3.89. The lowest BCUT2D eigenvalue weighted by Crippen LogP contribution is -2.41. The molecule has 3 heteroatoms. The van der Waals surface area contributed by atoms with E-state index in [4.69, 9.17) is 0 Å². The highest BCUT2D eigenvalue weighted by Crippen LogP contribution is 2.40. The summed E-state index contributed by atoms with van der Waals surface area (Å²) in [7, 11) is 0. The molecule has 0 saturated heterocycles. The SMILES string of the molecule is CCCCC1=NN(C=O)C(C)(C)C1c1ccccc1. The molecule has 3 nitrogen and oxygen atoms in total. The maximum atomic E-state index is 11.2. The molecular weight excluding hydrogens is 236 g/mol. The Morgan fingerprint density at radius 1 is 1.32 bits per heavy atom. The number of nitrogens with zero attached hydrogens (tertiary/aromatic N) is 2. The minimum Gasteiger partial charge on any atom is -0.277 e. The van der Waals surface area contributed by atoms with Crippen LogP contribution < -0.4 is 0 Å². The van der Waals surface area contributed by atoms with Crippen LogP contribution in [0.2, 0.25) is 0 Å². The van der Waals surface area contributed by atoms with Crippen LogP contribution in [0.15, 0.2) is 35.4 Å². The van der Waals surface area contributed by atoms with Crippen LogP contribution in [0.3, 0.4) is 0 Å². The molecule has 1 atom stereocenters. The maximum absolute atomic E-state index is 11.2. The van der Waals surface area contributed by atoms with E-state index in [1.165, 1.54) is 5.56 Å². The van der Waals surface area contributed by atoms with Gasteiger partial charge >= 0.3 is 0 Å². The molecule has 1 aromatic carbocycles. The zero-order chi connectivity index (χ0) is 13.9. The van der Waals surface area contributed by atoms with E-state index in [1.807, 2.05) is 18.2 Å². The molecule has 0 fully saturated rings. The van der Waals surface area contributed by atoms with Crippen molar-refractivity contribution in [3.05, 3.63) is 35.9 Å². The fourth-order valence-electron chi connectivity index (χ4n) is 2.82. The third-order valence-corrected chi connectivity index (χ3v) is 3.89. The van der Waals surface area contributed by atoms with Gasteiger partial charge in [0, 0.05) is 11.6 Å². The lowest BCUT2D eigenvalue weighted by molar-refractivity contribution is -0.122. The van der Waals surface area contributed by atoms with Crippen molar-refractivity contribution < 1.29 is 4.79 Å². The number of hydrazone groups is 1. The first-order chi connectivity index (χ1) is 9.11. The molecule has 0 bridgehead atoms. The van der Waals surface area contributed by atoms with Gasteiger partial charge in [-0.3, -0.25) is 4.79 Å². The lowest BCUT2D eigenvalue weighted by Gasteiger charge is -2.32. The van der Waals surface area contributed by atoms with Crippen molar-refractivity contribution in [2.24, 2.45) is 5.10 Å². The maximum Gasteiger partial charge on any atom is 0.230 e. The van der Waals surface area contributed by atoms with Crippen molar-refractivity contribution in [1.82, 2.24) is 5.01 Å². The molecule has 1 aromatic rings. The number of unbranched alkanes of at least 4 members (excludes halogenated alkanes) is 1. The summed E-state index contributed by atoms with van der Waals surface area (Å²) < 4.78 is 0. The van der Waals surface area contributed by atoms with Gasteiger partial charge in [-0.05, 0) is 32.3 Å². The van der Waals surface area contributed by atoms with Crippen LogP contribution in [-0.2, 0) is 4.79 Å². The van der Waals surface area contributed by atoms with E-state index in [1.54, 1.807) is 5.01 Å². The summed E-state index contributed by atoms with van der Waals surface area (Å²) in [6.45, 7) is 6.35. The van der Waals surface area contributed by atoms with Crippen molar-refractivity contribution in [2.75, 3.05) is 0 Å². The first-order valence-corrected chi connectivity index (χ1v) is 6.98. The highest BCUT2D eigenvalue weighted by Gasteiger charge is 2.44. The van der Waals surface area contributed by atoms with Crippen LogP contribution in [0.4, 0.5) is 0 Å². The molecule has 1 amide bonds. The molecule has 1 aliphatic heterocycles. The molecule has 1 aliphatic rings. The molecule has 2 rings (SSSR count). The molecule has 1 unspecified atom stereocenters. The average molecular weight is 258 g/mol. The lowest BCUT2D eigenvalue weighted by atomic mass is 9.78. The van der Waals surface area contributed by atoms with Gasteiger partial charge in [0.2, 0.25) is 6.41 Å². The van der Waals surface area contributed by atoms with Gasteiger partial charge in [-0.1, -0.05) is 43.7 Å². The van der Waals surface area contributed by atoms with Crippen molar-refractivity contribution in [2.45, 2.75) is 51.5 Å². The van der Waals surface area contributed by atoms with Crippen molar-refractivity contribution in [1.29, 1.82) is 0 Å². The van der Waals surface area contributed by atoms with Crippen molar-refractivity contribution in [3.63, 3.8) is 0 Å². The van der Waals surface area contributed by atoms with E-state index in [0.29, 0.717) is 0 Å². The molecule has 0 aliphatic carbocycles. The third kappa shape index (κ3) is 2.55. The van der Waals surface area contributed by atoms with E-state index in [0.717, 1.165) is 31.4 Å². The van der Waals surface area contributed by atoms with Crippen LogP contribution >= 0.6 is 0 Å². The number of hydrogen-bond donors (Lipinski definition) is 0. The number of rotatable bonds is 5. The Morgan fingerprint density at radius 3 is 2.58 bits per heavy atom. The molecule has 0 aromatic heterocycles.